The Bertz CT molecular complexity index is 1500. The number of H-pyrrole nitrogens is 1. The minimum Gasteiger partial charge on any atom is -0.494 e. The lowest BCUT2D eigenvalue weighted by atomic mass is 10.1. The molecule has 146 valence electrons. The molecular formula is C23H15ClN4O2. The number of aromatic nitrogens is 3. The molecule has 0 radical (unpaired) electrons. The van der Waals surface area contributed by atoms with Gasteiger partial charge in [-0.05, 0) is 36.4 Å². The summed E-state index contributed by atoms with van der Waals surface area (Å²) in [6.45, 7) is 0. The van der Waals surface area contributed by atoms with Crippen molar-refractivity contribution in [2.75, 3.05) is 0 Å². The number of nitrogens with one attached hydrogen (secondary N) is 1. The molecular weight excluding hydrogens is 400 g/mol. The predicted molar refractivity (Wildman–Crippen MR) is 120 cm³/mol. The van der Waals surface area contributed by atoms with E-state index in [4.69, 9.17) is 11.6 Å². The van der Waals surface area contributed by atoms with Crippen molar-refractivity contribution in [3.8, 4) is 11.6 Å². The van der Waals surface area contributed by atoms with Gasteiger partial charge in [0.15, 0.2) is 0 Å². The van der Waals surface area contributed by atoms with E-state index in [-0.39, 0.29) is 11.4 Å². The van der Waals surface area contributed by atoms with E-state index in [9.17, 15) is 9.90 Å². The van der Waals surface area contributed by atoms with E-state index in [0.717, 1.165) is 10.9 Å². The molecule has 2 N–H and O–H groups in total. The molecule has 5 rings (SSSR count). The fourth-order valence-electron chi connectivity index (χ4n) is 3.50. The summed E-state index contributed by atoms with van der Waals surface area (Å²) in [5, 5.41) is 20.3. The van der Waals surface area contributed by atoms with Crippen LogP contribution in [0.15, 0.2) is 82.7 Å². The van der Waals surface area contributed by atoms with E-state index in [1.165, 1.54) is 4.57 Å². The van der Waals surface area contributed by atoms with Crippen molar-refractivity contribution in [1.82, 2.24) is 14.8 Å². The third kappa shape index (κ3) is 2.94. The Balaban J connectivity index is 1.75. The van der Waals surface area contributed by atoms with Gasteiger partial charge in [-0.2, -0.15) is 5.10 Å². The lowest BCUT2D eigenvalue weighted by Gasteiger charge is -2.14. The van der Waals surface area contributed by atoms with Crippen molar-refractivity contribution in [1.29, 1.82) is 0 Å². The van der Waals surface area contributed by atoms with Crippen LogP contribution in [0.1, 0.15) is 5.56 Å². The molecule has 0 saturated heterocycles. The van der Waals surface area contributed by atoms with Gasteiger partial charge in [0, 0.05) is 22.4 Å². The molecule has 6 nitrogen and oxygen atoms in total. The van der Waals surface area contributed by atoms with Gasteiger partial charge in [0.1, 0.15) is 0 Å². The number of pyridine rings is 1. The van der Waals surface area contributed by atoms with E-state index >= 15 is 0 Å². The van der Waals surface area contributed by atoms with E-state index in [0.29, 0.717) is 32.7 Å². The lowest BCUT2D eigenvalue weighted by molar-refractivity contribution is 0.436. The topological polar surface area (TPSA) is 83.3 Å². The largest absolute Gasteiger partial charge is 0.494 e. The first-order chi connectivity index (χ1) is 14.6. The molecule has 2 heterocycles. The second-order valence-electron chi connectivity index (χ2n) is 6.77. The number of nitrogens with zero attached hydrogens (tertiary/aromatic N) is 3. The average Bonchev–Trinajstić information content (AvgIpc) is 3.23. The van der Waals surface area contributed by atoms with Gasteiger partial charge < -0.3 is 5.11 Å². The van der Waals surface area contributed by atoms with Gasteiger partial charge in [0.2, 0.25) is 5.88 Å². The Kier molecular flexibility index (Phi) is 4.34. The molecule has 5 aromatic rings. The number of aliphatic imine (C=N–C) groups is 1. The van der Waals surface area contributed by atoms with E-state index in [2.05, 4.69) is 15.2 Å². The quantitative estimate of drug-likeness (QED) is 0.408. The number of fused-ring (bicyclic) bond motifs is 2. The van der Waals surface area contributed by atoms with Crippen molar-refractivity contribution in [3.05, 3.63) is 93.9 Å². The summed E-state index contributed by atoms with van der Waals surface area (Å²) in [6.07, 6.45) is 3.28. The van der Waals surface area contributed by atoms with Gasteiger partial charge in [-0.25, -0.2) is 4.57 Å². The standard InChI is InChI=1S/C23H15ClN4O2/c24-19-7-3-4-8-21(19)28-22(29)17-6-2-1-5-16(17)18(23(28)30)13-25-15-9-10-20-14(11-15)12-26-27-20/h1-13,30H,(H,26,27). The van der Waals surface area contributed by atoms with Crippen LogP contribution in [0.4, 0.5) is 5.69 Å². The van der Waals surface area contributed by atoms with Crippen molar-refractivity contribution >= 4 is 45.2 Å². The van der Waals surface area contributed by atoms with Gasteiger partial charge in [-0.15, -0.1) is 0 Å². The highest BCUT2D eigenvalue weighted by Gasteiger charge is 2.17. The van der Waals surface area contributed by atoms with E-state index in [1.54, 1.807) is 54.9 Å². The third-order valence-corrected chi connectivity index (χ3v) is 5.28. The van der Waals surface area contributed by atoms with Gasteiger partial charge >= 0.3 is 0 Å². The molecule has 0 aliphatic rings. The van der Waals surface area contributed by atoms with Crippen LogP contribution < -0.4 is 5.56 Å². The first kappa shape index (κ1) is 18.1. The molecule has 0 aliphatic heterocycles. The SMILES string of the molecule is O=c1c2ccccc2c(C=Nc2ccc3[nH]ncc3c2)c(O)n1-c1ccccc1Cl. The Morgan fingerprint density at radius 3 is 2.63 bits per heavy atom. The number of aromatic hydroxyl groups is 1. The summed E-state index contributed by atoms with van der Waals surface area (Å²) in [4.78, 5) is 17.7. The summed E-state index contributed by atoms with van der Waals surface area (Å²) < 4.78 is 1.21. The first-order valence-electron chi connectivity index (χ1n) is 9.22. The van der Waals surface area contributed by atoms with Crippen LogP contribution in [-0.2, 0) is 0 Å². The van der Waals surface area contributed by atoms with Crippen LogP contribution in [0.3, 0.4) is 0 Å². The van der Waals surface area contributed by atoms with Crippen molar-refractivity contribution in [2.24, 2.45) is 4.99 Å². The zero-order chi connectivity index (χ0) is 20.7. The van der Waals surface area contributed by atoms with Crippen LogP contribution in [-0.4, -0.2) is 26.1 Å². The molecule has 7 heteroatoms. The molecule has 0 bridgehead atoms. The molecule has 0 amide bonds. The lowest BCUT2D eigenvalue weighted by Crippen LogP contribution is -2.20. The number of benzene rings is 3. The fourth-order valence-corrected chi connectivity index (χ4v) is 3.72. The molecule has 2 aromatic heterocycles. The molecule has 3 aromatic carbocycles. The van der Waals surface area contributed by atoms with Crippen molar-refractivity contribution < 1.29 is 5.11 Å². The summed E-state index contributed by atoms with van der Waals surface area (Å²) in [5.74, 6) is -0.222. The second kappa shape index (κ2) is 7.17. The second-order valence-corrected chi connectivity index (χ2v) is 7.18. The number of aromatic amines is 1. The van der Waals surface area contributed by atoms with Crippen LogP contribution in [0.5, 0.6) is 5.88 Å². The Morgan fingerprint density at radius 2 is 1.80 bits per heavy atom. The number of para-hydroxylation sites is 1. The third-order valence-electron chi connectivity index (χ3n) is 4.96. The highest BCUT2D eigenvalue weighted by molar-refractivity contribution is 6.32. The molecule has 0 spiro atoms. The van der Waals surface area contributed by atoms with Crippen molar-refractivity contribution in [3.63, 3.8) is 0 Å². The van der Waals surface area contributed by atoms with E-state index < -0.39 is 0 Å². The van der Waals surface area contributed by atoms with Gasteiger partial charge in [-0.1, -0.05) is 41.9 Å². The van der Waals surface area contributed by atoms with Gasteiger partial charge in [-0.3, -0.25) is 14.9 Å². The van der Waals surface area contributed by atoms with E-state index in [1.807, 2.05) is 24.3 Å². The average molecular weight is 415 g/mol. The van der Waals surface area contributed by atoms with Gasteiger partial charge in [0.25, 0.3) is 5.56 Å². The molecule has 0 saturated carbocycles. The number of hydrogen-bond donors (Lipinski definition) is 2. The molecule has 0 atom stereocenters. The smallest absolute Gasteiger partial charge is 0.265 e. The van der Waals surface area contributed by atoms with Crippen LogP contribution in [0.25, 0.3) is 27.4 Å². The fraction of sp³-hybridized carbons (Fsp3) is 0. The zero-order valence-corrected chi connectivity index (χ0v) is 16.3. The predicted octanol–water partition coefficient (Wildman–Crippen LogP) is 4.98. The summed E-state index contributed by atoms with van der Waals surface area (Å²) in [6, 6.07) is 19.6. The molecule has 30 heavy (non-hydrogen) atoms. The maximum absolute atomic E-state index is 13.1. The summed E-state index contributed by atoms with van der Waals surface area (Å²) in [7, 11) is 0. The molecule has 0 aliphatic carbocycles. The summed E-state index contributed by atoms with van der Waals surface area (Å²) in [5.41, 5.74) is 2.09. The highest BCUT2D eigenvalue weighted by Crippen LogP contribution is 2.29. The number of rotatable bonds is 3. The normalized spacial score (nSPS) is 11.6. The monoisotopic (exact) mass is 414 g/mol. The Labute approximate surface area is 175 Å². The zero-order valence-electron chi connectivity index (χ0n) is 15.6. The van der Waals surface area contributed by atoms with Crippen LogP contribution >= 0.6 is 11.6 Å². The minimum atomic E-state index is -0.354. The van der Waals surface area contributed by atoms with Crippen LogP contribution in [0.2, 0.25) is 5.02 Å². The van der Waals surface area contributed by atoms with Crippen LogP contribution in [0, 0.1) is 0 Å². The minimum absolute atomic E-state index is 0.222. The molecule has 0 unspecified atom stereocenters. The maximum Gasteiger partial charge on any atom is 0.265 e. The number of hydrogen-bond acceptors (Lipinski definition) is 4. The Hall–Kier alpha value is -3.90. The van der Waals surface area contributed by atoms with Crippen molar-refractivity contribution in [2.45, 2.75) is 0 Å². The first-order valence-corrected chi connectivity index (χ1v) is 9.60. The maximum atomic E-state index is 13.1. The number of halogens is 1. The summed E-state index contributed by atoms with van der Waals surface area (Å²) >= 11 is 6.31. The highest BCUT2D eigenvalue weighted by atomic mass is 35.5. The van der Waals surface area contributed by atoms with Gasteiger partial charge in [0.05, 0.1) is 33.7 Å². The molecule has 0 fully saturated rings. The Morgan fingerprint density at radius 1 is 1.03 bits per heavy atom.